The number of carbonyl (C=O) groups excluding carboxylic acids is 2. The summed E-state index contributed by atoms with van der Waals surface area (Å²) in [5, 5.41) is 5.70. The number of rotatable bonds is 11. The van der Waals surface area contributed by atoms with Gasteiger partial charge in [0, 0.05) is 11.4 Å². The Hall–Kier alpha value is -1.69. The number of thioether (sulfide) groups is 1. The number of nitrogens with one attached hydrogen (secondary N) is 2. The molecule has 0 aliphatic rings. The summed E-state index contributed by atoms with van der Waals surface area (Å²) in [6.07, 6.45) is 5.87. The zero-order valence-electron chi connectivity index (χ0n) is 14.6. The smallest absolute Gasteiger partial charge is 0.319 e. The van der Waals surface area contributed by atoms with E-state index in [1.165, 1.54) is 31.0 Å². The van der Waals surface area contributed by atoms with Gasteiger partial charge in [-0.05, 0) is 24.5 Å². The Labute approximate surface area is 149 Å². The van der Waals surface area contributed by atoms with Crippen molar-refractivity contribution >= 4 is 29.4 Å². The number of hydrogen-bond donors (Lipinski definition) is 3. The number of nitrogens with two attached hydrogens (primary N) is 1. The van der Waals surface area contributed by atoms with Crippen molar-refractivity contribution in [2.45, 2.75) is 50.8 Å². The lowest BCUT2D eigenvalue weighted by Gasteiger charge is -2.11. The molecule has 0 heterocycles. The van der Waals surface area contributed by atoms with Crippen molar-refractivity contribution in [1.82, 2.24) is 5.32 Å². The Balaban J connectivity index is 2.26. The molecular formula is C18H29N3O2S. The number of primary amides is 1. The molecule has 0 saturated heterocycles. The van der Waals surface area contributed by atoms with Crippen molar-refractivity contribution in [3.8, 4) is 0 Å². The van der Waals surface area contributed by atoms with Crippen LogP contribution in [0.25, 0.3) is 0 Å². The number of hydrogen-bond acceptors (Lipinski definition) is 3. The van der Waals surface area contributed by atoms with Crippen LogP contribution in [0.4, 0.5) is 10.5 Å². The van der Waals surface area contributed by atoms with Gasteiger partial charge in [-0.3, -0.25) is 4.79 Å². The highest BCUT2D eigenvalue weighted by atomic mass is 32.2. The van der Waals surface area contributed by atoms with Crippen molar-refractivity contribution in [3.05, 3.63) is 24.3 Å². The van der Waals surface area contributed by atoms with E-state index in [1.54, 1.807) is 0 Å². The summed E-state index contributed by atoms with van der Waals surface area (Å²) >= 11 is 1.32. The standard InChI is InChI=1S/C18H29N3O2S/c1-14(2)9-5-3-4-8-12-20-18(23)21-15-10-6-7-11-16(15)24-13-17(19)22/h6-7,10-11,14H,3-5,8-9,12-13H2,1-2H3,(H2,19,22)(H2,20,21,23). The predicted octanol–water partition coefficient (Wildman–Crippen LogP) is 3.99. The summed E-state index contributed by atoms with van der Waals surface area (Å²) in [6.45, 7) is 5.15. The summed E-state index contributed by atoms with van der Waals surface area (Å²) in [4.78, 5) is 23.7. The molecule has 0 bridgehead atoms. The first-order valence-corrected chi connectivity index (χ1v) is 9.52. The van der Waals surface area contributed by atoms with Crippen LogP contribution in [-0.4, -0.2) is 24.2 Å². The number of amides is 3. The topological polar surface area (TPSA) is 84.2 Å². The van der Waals surface area contributed by atoms with Crippen LogP contribution in [0.5, 0.6) is 0 Å². The van der Waals surface area contributed by atoms with Crippen LogP contribution in [0.1, 0.15) is 46.0 Å². The van der Waals surface area contributed by atoms with Gasteiger partial charge in [-0.1, -0.05) is 51.7 Å². The van der Waals surface area contributed by atoms with Gasteiger partial charge in [-0.25, -0.2) is 4.79 Å². The molecule has 0 aliphatic carbocycles. The highest BCUT2D eigenvalue weighted by Gasteiger charge is 2.07. The average Bonchev–Trinajstić information content (AvgIpc) is 2.52. The highest BCUT2D eigenvalue weighted by molar-refractivity contribution is 8.00. The molecule has 0 saturated carbocycles. The minimum absolute atomic E-state index is 0.191. The molecule has 0 fully saturated rings. The Bertz CT molecular complexity index is 521. The zero-order chi connectivity index (χ0) is 17.8. The van der Waals surface area contributed by atoms with Crippen LogP contribution in [0, 0.1) is 5.92 Å². The van der Waals surface area contributed by atoms with Crippen LogP contribution in [-0.2, 0) is 4.79 Å². The number of carbonyl (C=O) groups is 2. The van der Waals surface area contributed by atoms with Crippen molar-refractivity contribution < 1.29 is 9.59 Å². The molecule has 0 radical (unpaired) electrons. The number of benzene rings is 1. The van der Waals surface area contributed by atoms with Gasteiger partial charge in [-0.15, -0.1) is 11.8 Å². The molecule has 24 heavy (non-hydrogen) atoms. The second kappa shape index (κ2) is 11.8. The fourth-order valence-corrected chi connectivity index (χ4v) is 2.99. The Morgan fingerprint density at radius 1 is 1.12 bits per heavy atom. The third kappa shape index (κ3) is 9.45. The van der Waals surface area contributed by atoms with E-state index in [4.69, 9.17) is 5.73 Å². The van der Waals surface area contributed by atoms with Gasteiger partial charge in [0.1, 0.15) is 0 Å². The van der Waals surface area contributed by atoms with Crippen LogP contribution in [0.2, 0.25) is 0 Å². The van der Waals surface area contributed by atoms with E-state index < -0.39 is 0 Å². The van der Waals surface area contributed by atoms with E-state index in [1.807, 2.05) is 24.3 Å². The average molecular weight is 352 g/mol. The Kier molecular flexibility index (Phi) is 10.00. The van der Waals surface area contributed by atoms with Gasteiger partial charge in [0.15, 0.2) is 0 Å². The number of urea groups is 1. The fourth-order valence-electron chi connectivity index (χ4n) is 2.24. The van der Waals surface area contributed by atoms with Crippen LogP contribution in [0.15, 0.2) is 29.2 Å². The third-order valence-corrected chi connectivity index (χ3v) is 4.59. The van der Waals surface area contributed by atoms with Crippen LogP contribution < -0.4 is 16.4 Å². The summed E-state index contributed by atoms with van der Waals surface area (Å²) in [7, 11) is 0. The highest BCUT2D eigenvalue weighted by Crippen LogP contribution is 2.26. The van der Waals surface area contributed by atoms with Crippen LogP contribution in [0.3, 0.4) is 0 Å². The molecule has 5 nitrogen and oxygen atoms in total. The number of anilines is 1. The van der Waals surface area contributed by atoms with Gasteiger partial charge in [0.2, 0.25) is 5.91 Å². The van der Waals surface area contributed by atoms with E-state index in [0.29, 0.717) is 12.2 Å². The van der Waals surface area contributed by atoms with E-state index in [0.717, 1.165) is 23.7 Å². The first-order chi connectivity index (χ1) is 11.5. The minimum atomic E-state index is -0.378. The van der Waals surface area contributed by atoms with E-state index in [-0.39, 0.29) is 17.7 Å². The molecule has 4 N–H and O–H groups in total. The first kappa shape index (κ1) is 20.4. The lowest BCUT2D eigenvalue weighted by atomic mass is 10.0. The molecular weight excluding hydrogens is 322 g/mol. The number of unbranched alkanes of at least 4 members (excludes halogenated alkanes) is 3. The van der Waals surface area contributed by atoms with Crippen molar-refractivity contribution in [2.75, 3.05) is 17.6 Å². The predicted molar refractivity (Wildman–Crippen MR) is 101 cm³/mol. The summed E-state index contributed by atoms with van der Waals surface area (Å²) in [5.74, 6) is 0.578. The summed E-state index contributed by atoms with van der Waals surface area (Å²) in [6, 6.07) is 7.17. The largest absolute Gasteiger partial charge is 0.369 e. The first-order valence-electron chi connectivity index (χ1n) is 8.54. The molecule has 0 aliphatic heterocycles. The Morgan fingerprint density at radius 2 is 1.83 bits per heavy atom. The number of para-hydroxylation sites is 1. The molecule has 1 aromatic rings. The second-order valence-electron chi connectivity index (χ2n) is 6.23. The maximum atomic E-state index is 12.0. The van der Waals surface area contributed by atoms with Gasteiger partial charge in [0.25, 0.3) is 0 Å². The molecule has 3 amide bonds. The van der Waals surface area contributed by atoms with E-state index >= 15 is 0 Å². The van der Waals surface area contributed by atoms with Crippen LogP contribution >= 0.6 is 11.8 Å². The Morgan fingerprint density at radius 3 is 2.54 bits per heavy atom. The molecule has 1 aromatic carbocycles. The third-order valence-electron chi connectivity index (χ3n) is 3.50. The molecule has 0 spiro atoms. The van der Waals surface area contributed by atoms with Crippen molar-refractivity contribution in [1.29, 1.82) is 0 Å². The van der Waals surface area contributed by atoms with E-state index in [2.05, 4.69) is 24.5 Å². The molecule has 0 aromatic heterocycles. The monoisotopic (exact) mass is 351 g/mol. The molecule has 6 heteroatoms. The lowest BCUT2D eigenvalue weighted by Crippen LogP contribution is -2.29. The second-order valence-corrected chi connectivity index (χ2v) is 7.25. The van der Waals surface area contributed by atoms with Gasteiger partial charge >= 0.3 is 6.03 Å². The zero-order valence-corrected chi connectivity index (χ0v) is 15.5. The van der Waals surface area contributed by atoms with E-state index in [9.17, 15) is 9.59 Å². The lowest BCUT2D eigenvalue weighted by molar-refractivity contribution is -0.115. The minimum Gasteiger partial charge on any atom is -0.369 e. The summed E-state index contributed by atoms with van der Waals surface area (Å²) < 4.78 is 0. The van der Waals surface area contributed by atoms with Gasteiger partial charge in [-0.2, -0.15) is 0 Å². The fraction of sp³-hybridized carbons (Fsp3) is 0.556. The van der Waals surface area contributed by atoms with Crippen molar-refractivity contribution in [3.63, 3.8) is 0 Å². The van der Waals surface area contributed by atoms with Gasteiger partial charge < -0.3 is 16.4 Å². The maximum Gasteiger partial charge on any atom is 0.319 e. The SMILES string of the molecule is CC(C)CCCCCCNC(=O)Nc1ccccc1SCC(N)=O. The normalized spacial score (nSPS) is 10.6. The van der Waals surface area contributed by atoms with Crippen molar-refractivity contribution in [2.24, 2.45) is 11.7 Å². The molecule has 134 valence electrons. The summed E-state index contributed by atoms with van der Waals surface area (Å²) in [5.41, 5.74) is 5.86. The maximum absolute atomic E-state index is 12.0. The molecule has 0 atom stereocenters. The molecule has 1 rings (SSSR count). The molecule has 0 unspecified atom stereocenters. The van der Waals surface area contributed by atoms with Gasteiger partial charge in [0.05, 0.1) is 11.4 Å². The quantitative estimate of drug-likeness (QED) is 0.416.